The van der Waals surface area contributed by atoms with E-state index in [1.807, 2.05) is 0 Å². The highest BCUT2D eigenvalue weighted by Crippen LogP contribution is 2.39. The first-order valence-corrected chi connectivity index (χ1v) is 8.20. The van der Waals surface area contributed by atoms with Gasteiger partial charge in [-0.25, -0.2) is 0 Å². The maximum absolute atomic E-state index is 3.57. The summed E-state index contributed by atoms with van der Waals surface area (Å²) in [5, 5.41) is 3.57. The number of rotatable bonds is 5. The van der Waals surface area contributed by atoms with Crippen molar-refractivity contribution in [1.82, 2.24) is 10.2 Å². The van der Waals surface area contributed by atoms with Crippen LogP contribution in [0.2, 0.25) is 0 Å². The fourth-order valence-electron chi connectivity index (χ4n) is 3.64. The third kappa shape index (κ3) is 4.75. The second-order valence-electron chi connectivity index (χ2n) is 7.82. The number of nitrogens with zero attached hydrogens (tertiary/aromatic N) is 1. The Hall–Kier alpha value is -0.0800. The van der Waals surface area contributed by atoms with E-state index in [0.29, 0.717) is 11.5 Å². The van der Waals surface area contributed by atoms with Crippen molar-refractivity contribution >= 4 is 0 Å². The molecule has 1 rings (SSSR count). The van der Waals surface area contributed by atoms with Crippen molar-refractivity contribution in [1.29, 1.82) is 0 Å². The molecule has 1 fully saturated rings. The van der Waals surface area contributed by atoms with E-state index in [2.05, 4.69) is 58.8 Å². The molecule has 0 heterocycles. The molecule has 1 aliphatic rings. The molecule has 0 spiro atoms. The summed E-state index contributed by atoms with van der Waals surface area (Å²) in [5.74, 6) is 1.62. The molecular formula is C17H36N2. The van der Waals surface area contributed by atoms with E-state index >= 15 is 0 Å². The van der Waals surface area contributed by atoms with Crippen LogP contribution in [0.3, 0.4) is 0 Å². The van der Waals surface area contributed by atoms with Crippen LogP contribution < -0.4 is 5.32 Å². The largest absolute Gasteiger partial charge is 0.315 e. The zero-order valence-electron chi connectivity index (χ0n) is 14.3. The van der Waals surface area contributed by atoms with Gasteiger partial charge in [0.2, 0.25) is 0 Å². The van der Waals surface area contributed by atoms with Gasteiger partial charge < -0.3 is 5.32 Å². The van der Waals surface area contributed by atoms with Crippen LogP contribution in [0.5, 0.6) is 0 Å². The van der Waals surface area contributed by atoms with Gasteiger partial charge in [0.25, 0.3) is 0 Å². The van der Waals surface area contributed by atoms with Crippen molar-refractivity contribution in [3.63, 3.8) is 0 Å². The first-order chi connectivity index (χ1) is 8.79. The molecule has 0 radical (unpaired) electrons. The van der Waals surface area contributed by atoms with E-state index in [1.165, 1.54) is 32.4 Å². The standard InChI is InChI=1S/C17H36N2/c1-8-19(12-13(2)3)16-11-14(17(4,5)6)9-10-15(16)18-7/h13-16,18H,8-12H2,1-7H3. The van der Waals surface area contributed by atoms with Gasteiger partial charge in [-0.1, -0.05) is 41.5 Å². The molecule has 0 amide bonds. The summed E-state index contributed by atoms with van der Waals surface area (Å²) in [6.07, 6.45) is 4.07. The predicted molar refractivity (Wildman–Crippen MR) is 85.5 cm³/mol. The molecule has 0 saturated heterocycles. The minimum atomic E-state index is 0.453. The lowest BCUT2D eigenvalue weighted by Gasteiger charge is -2.46. The van der Waals surface area contributed by atoms with Gasteiger partial charge in [-0.05, 0) is 50.1 Å². The highest BCUT2D eigenvalue weighted by molar-refractivity contribution is 4.93. The van der Waals surface area contributed by atoms with E-state index in [9.17, 15) is 0 Å². The smallest absolute Gasteiger partial charge is 0.0252 e. The Morgan fingerprint density at radius 3 is 2.26 bits per heavy atom. The average Bonchev–Trinajstić information content (AvgIpc) is 2.33. The fraction of sp³-hybridized carbons (Fsp3) is 1.00. The minimum absolute atomic E-state index is 0.453. The Balaban J connectivity index is 2.78. The summed E-state index contributed by atoms with van der Waals surface area (Å²) in [4.78, 5) is 2.71. The van der Waals surface area contributed by atoms with Crippen molar-refractivity contribution in [2.75, 3.05) is 20.1 Å². The van der Waals surface area contributed by atoms with Gasteiger partial charge in [0.1, 0.15) is 0 Å². The van der Waals surface area contributed by atoms with Crippen molar-refractivity contribution in [3.05, 3.63) is 0 Å². The van der Waals surface area contributed by atoms with E-state index in [-0.39, 0.29) is 0 Å². The molecule has 1 N–H and O–H groups in total. The van der Waals surface area contributed by atoms with Crippen LogP contribution in [0.1, 0.15) is 60.8 Å². The molecule has 0 aliphatic heterocycles. The molecule has 2 heteroatoms. The Morgan fingerprint density at radius 2 is 1.84 bits per heavy atom. The van der Waals surface area contributed by atoms with E-state index < -0.39 is 0 Å². The lowest BCUT2D eigenvalue weighted by atomic mass is 9.69. The highest BCUT2D eigenvalue weighted by atomic mass is 15.2. The van der Waals surface area contributed by atoms with Gasteiger partial charge in [-0.2, -0.15) is 0 Å². The predicted octanol–water partition coefficient (Wildman–Crippen LogP) is 3.77. The van der Waals surface area contributed by atoms with Crippen molar-refractivity contribution in [3.8, 4) is 0 Å². The molecular weight excluding hydrogens is 232 g/mol. The Kier molecular flexibility index (Phi) is 6.32. The maximum atomic E-state index is 3.57. The molecule has 0 aromatic carbocycles. The molecule has 1 aliphatic carbocycles. The van der Waals surface area contributed by atoms with Gasteiger partial charge in [-0.3, -0.25) is 4.90 Å². The summed E-state index contributed by atoms with van der Waals surface area (Å²) in [6, 6.07) is 1.40. The SMILES string of the molecule is CCN(CC(C)C)C1CC(C(C)(C)C)CCC1NC. The first kappa shape index (κ1) is 17.0. The number of nitrogens with one attached hydrogen (secondary N) is 1. The van der Waals surface area contributed by atoms with Crippen LogP contribution in [0.15, 0.2) is 0 Å². The summed E-state index contributed by atoms with van der Waals surface area (Å²) in [6.45, 7) is 16.6. The normalized spacial score (nSPS) is 29.2. The Morgan fingerprint density at radius 1 is 1.21 bits per heavy atom. The Labute approximate surface area is 121 Å². The molecule has 3 unspecified atom stereocenters. The lowest BCUT2D eigenvalue weighted by molar-refractivity contribution is 0.0568. The van der Waals surface area contributed by atoms with Crippen molar-refractivity contribution in [2.45, 2.75) is 72.9 Å². The van der Waals surface area contributed by atoms with Gasteiger partial charge in [-0.15, -0.1) is 0 Å². The molecule has 0 bridgehead atoms. The van der Waals surface area contributed by atoms with Crippen LogP contribution >= 0.6 is 0 Å². The second-order valence-corrected chi connectivity index (χ2v) is 7.82. The van der Waals surface area contributed by atoms with Gasteiger partial charge in [0.05, 0.1) is 0 Å². The Bertz CT molecular complexity index is 254. The van der Waals surface area contributed by atoms with Gasteiger partial charge >= 0.3 is 0 Å². The lowest BCUT2D eigenvalue weighted by Crippen LogP contribution is -2.54. The van der Waals surface area contributed by atoms with E-state index in [4.69, 9.17) is 0 Å². The van der Waals surface area contributed by atoms with Crippen LogP contribution in [0, 0.1) is 17.3 Å². The van der Waals surface area contributed by atoms with Crippen molar-refractivity contribution in [2.24, 2.45) is 17.3 Å². The fourth-order valence-corrected chi connectivity index (χ4v) is 3.64. The summed E-state index contributed by atoms with van der Waals surface area (Å²) < 4.78 is 0. The molecule has 19 heavy (non-hydrogen) atoms. The highest BCUT2D eigenvalue weighted by Gasteiger charge is 2.37. The third-order valence-electron chi connectivity index (χ3n) is 4.89. The summed E-state index contributed by atoms with van der Waals surface area (Å²) in [5.41, 5.74) is 0.453. The molecule has 1 saturated carbocycles. The number of hydrogen-bond donors (Lipinski definition) is 1. The second kappa shape index (κ2) is 7.08. The van der Waals surface area contributed by atoms with Crippen LogP contribution in [-0.2, 0) is 0 Å². The molecule has 0 aromatic rings. The van der Waals surface area contributed by atoms with E-state index in [0.717, 1.165) is 17.9 Å². The molecule has 3 atom stereocenters. The summed E-state index contributed by atoms with van der Waals surface area (Å²) >= 11 is 0. The molecule has 114 valence electrons. The third-order valence-corrected chi connectivity index (χ3v) is 4.89. The quantitative estimate of drug-likeness (QED) is 0.816. The van der Waals surface area contributed by atoms with Gasteiger partial charge in [0, 0.05) is 18.6 Å². The van der Waals surface area contributed by atoms with Gasteiger partial charge in [0.15, 0.2) is 0 Å². The average molecular weight is 268 g/mol. The molecule has 2 nitrogen and oxygen atoms in total. The number of hydrogen-bond acceptors (Lipinski definition) is 2. The topological polar surface area (TPSA) is 15.3 Å². The number of likely N-dealkylation sites (N-methyl/N-ethyl adjacent to an activating group) is 2. The van der Waals surface area contributed by atoms with Crippen LogP contribution in [0.4, 0.5) is 0 Å². The first-order valence-electron chi connectivity index (χ1n) is 8.20. The summed E-state index contributed by atoms with van der Waals surface area (Å²) in [7, 11) is 2.14. The monoisotopic (exact) mass is 268 g/mol. The minimum Gasteiger partial charge on any atom is -0.315 e. The maximum Gasteiger partial charge on any atom is 0.0252 e. The van der Waals surface area contributed by atoms with E-state index in [1.54, 1.807) is 0 Å². The zero-order valence-corrected chi connectivity index (χ0v) is 14.3. The zero-order chi connectivity index (χ0) is 14.6. The van der Waals surface area contributed by atoms with Crippen molar-refractivity contribution < 1.29 is 0 Å². The molecule has 0 aromatic heterocycles. The van der Waals surface area contributed by atoms with Crippen LogP contribution in [-0.4, -0.2) is 37.1 Å². The van der Waals surface area contributed by atoms with Crippen LogP contribution in [0.25, 0.3) is 0 Å².